The van der Waals surface area contributed by atoms with Crippen LogP contribution in [0.25, 0.3) is 0 Å². The molecule has 0 spiro atoms. The zero-order valence-electron chi connectivity index (χ0n) is 14.0. The standard InChI is InChI=1S/C20H14FN3O3/c21-13-9-11-14(12-10-13)23-19(16-6-2-4-8-18(16)24(26)27)22-17-7-3-1-5-15(17)20(23)25/h1-12,19,22H/t19-/m1/s1. The zero-order valence-corrected chi connectivity index (χ0v) is 14.0. The largest absolute Gasteiger partial charge is 0.360 e. The van der Waals surface area contributed by atoms with Crippen molar-refractivity contribution in [2.45, 2.75) is 6.17 Å². The maximum atomic E-state index is 13.4. The van der Waals surface area contributed by atoms with E-state index >= 15 is 0 Å². The van der Waals surface area contributed by atoms with Crippen LogP contribution in [0.4, 0.5) is 21.5 Å². The maximum absolute atomic E-state index is 13.4. The Morgan fingerprint density at radius 2 is 1.63 bits per heavy atom. The molecule has 1 amide bonds. The lowest BCUT2D eigenvalue weighted by molar-refractivity contribution is -0.385. The number of carbonyl (C=O) groups is 1. The minimum absolute atomic E-state index is 0.103. The highest BCUT2D eigenvalue weighted by Crippen LogP contribution is 2.39. The van der Waals surface area contributed by atoms with Gasteiger partial charge in [-0.2, -0.15) is 0 Å². The van der Waals surface area contributed by atoms with E-state index in [0.717, 1.165) is 0 Å². The van der Waals surface area contributed by atoms with E-state index in [-0.39, 0.29) is 11.6 Å². The Balaban J connectivity index is 1.91. The molecular weight excluding hydrogens is 349 g/mol. The van der Waals surface area contributed by atoms with E-state index in [2.05, 4.69) is 5.32 Å². The number of nitro groups is 1. The number of carbonyl (C=O) groups excluding carboxylic acids is 1. The minimum Gasteiger partial charge on any atom is -0.360 e. The molecule has 0 saturated carbocycles. The van der Waals surface area contributed by atoms with Crippen LogP contribution >= 0.6 is 0 Å². The quantitative estimate of drug-likeness (QED) is 0.549. The number of hydrogen-bond acceptors (Lipinski definition) is 4. The van der Waals surface area contributed by atoms with Crippen LogP contribution in [0, 0.1) is 15.9 Å². The van der Waals surface area contributed by atoms with Crippen LogP contribution in [0.15, 0.2) is 72.8 Å². The Labute approximate surface area is 154 Å². The molecule has 0 fully saturated rings. The fourth-order valence-electron chi connectivity index (χ4n) is 3.22. The molecule has 0 saturated heterocycles. The van der Waals surface area contributed by atoms with Crippen molar-refractivity contribution in [1.29, 1.82) is 0 Å². The molecule has 0 aliphatic carbocycles. The average molecular weight is 363 g/mol. The van der Waals surface area contributed by atoms with Gasteiger partial charge in [0.2, 0.25) is 0 Å². The molecular formula is C20H14FN3O3. The molecule has 4 rings (SSSR count). The summed E-state index contributed by atoms with van der Waals surface area (Å²) in [5, 5.41) is 14.7. The van der Waals surface area contributed by atoms with Crippen LogP contribution in [0.2, 0.25) is 0 Å². The van der Waals surface area contributed by atoms with Gasteiger partial charge >= 0.3 is 0 Å². The molecule has 3 aromatic rings. The van der Waals surface area contributed by atoms with Gasteiger partial charge in [-0.25, -0.2) is 4.39 Å². The van der Waals surface area contributed by atoms with Crippen molar-refractivity contribution in [3.8, 4) is 0 Å². The summed E-state index contributed by atoms with van der Waals surface area (Å²) < 4.78 is 13.4. The highest BCUT2D eigenvalue weighted by Gasteiger charge is 2.37. The average Bonchev–Trinajstić information content (AvgIpc) is 2.69. The molecule has 1 aliphatic heterocycles. The van der Waals surface area contributed by atoms with Gasteiger partial charge in [-0.1, -0.05) is 24.3 Å². The second-order valence-electron chi connectivity index (χ2n) is 6.06. The third-order valence-electron chi connectivity index (χ3n) is 4.46. The van der Waals surface area contributed by atoms with Crippen LogP contribution in [-0.2, 0) is 0 Å². The number of nitrogens with zero attached hydrogens (tertiary/aromatic N) is 2. The van der Waals surface area contributed by atoms with Crippen molar-refractivity contribution in [1.82, 2.24) is 0 Å². The Morgan fingerprint density at radius 1 is 0.963 bits per heavy atom. The SMILES string of the molecule is O=C1c2ccccc2N[C@@H](c2ccccc2[N+](=O)[O-])N1c1ccc(F)cc1. The summed E-state index contributed by atoms with van der Waals surface area (Å²) >= 11 is 0. The van der Waals surface area contributed by atoms with Gasteiger partial charge in [0.25, 0.3) is 11.6 Å². The van der Waals surface area contributed by atoms with Crippen LogP contribution in [0.1, 0.15) is 22.1 Å². The first-order valence-corrected chi connectivity index (χ1v) is 8.24. The fraction of sp³-hybridized carbons (Fsp3) is 0.0500. The van der Waals surface area contributed by atoms with Crippen LogP contribution in [0.3, 0.4) is 0 Å². The van der Waals surface area contributed by atoms with E-state index in [4.69, 9.17) is 0 Å². The number of fused-ring (bicyclic) bond motifs is 1. The molecule has 0 unspecified atom stereocenters. The van der Waals surface area contributed by atoms with E-state index in [1.165, 1.54) is 35.2 Å². The van der Waals surface area contributed by atoms with E-state index < -0.39 is 16.9 Å². The van der Waals surface area contributed by atoms with Crippen LogP contribution in [0.5, 0.6) is 0 Å². The number of para-hydroxylation sites is 2. The number of hydrogen-bond donors (Lipinski definition) is 1. The third kappa shape index (κ3) is 2.89. The molecule has 0 bridgehead atoms. The van der Waals surface area contributed by atoms with E-state index in [1.807, 2.05) is 0 Å². The Hall–Kier alpha value is -3.74. The number of halogens is 1. The predicted octanol–water partition coefficient (Wildman–Crippen LogP) is 4.51. The lowest BCUT2D eigenvalue weighted by atomic mass is 10.0. The van der Waals surface area contributed by atoms with E-state index in [1.54, 1.807) is 42.5 Å². The molecule has 1 aliphatic rings. The molecule has 134 valence electrons. The molecule has 0 radical (unpaired) electrons. The van der Waals surface area contributed by atoms with Crippen molar-refractivity contribution in [2.24, 2.45) is 0 Å². The summed E-state index contributed by atoms with van der Waals surface area (Å²) in [5.41, 5.74) is 1.70. The maximum Gasteiger partial charge on any atom is 0.276 e. The summed E-state index contributed by atoms with van der Waals surface area (Å²) in [4.78, 5) is 25.6. The number of benzene rings is 3. The first kappa shape index (κ1) is 16.7. The van der Waals surface area contributed by atoms with Gasteiger partial charge in [-0.05, 0) is 42.5 Å². The lowest BCUT2D eigenvalue weighted by Crippen LogP contribution is -2.43. The Bertz CT molecular complexity index is 1040. The fourth-order valence-corrected chi connectivity index (χ4v) is 3.22. The first-order chi connectivity index (χ1) is 13.1. The van der Waals surface area contributed by atoms with Crippen molar-refractivity contribution in [3.63, 3.8) is 0 Å². The molecule has 1 N–H and O–H groups in total. The molecule has 7 heteroatoms. The monoisotopic (exact) mass is 363 g/mol. The highest BCUT2D eigenvalue weighted by molar-refractivity contribution is 6.12. The topological polar surface area (TPSA) is 75.5 Å². The molecule has 1 heterocycles. The van der Waals surface area contributed by atoms with Crippen molar-refractivity contribution in [3.05, 3.63) is 99.9 Å². The number of nitro benzene ring substituents is 1. The van der Waals surface area contributed by atoms with E-state index in [9.17, 15) is 19.3 Å². The first-order valence-electron chi connectivity index (χ1n) is 8.24. The minimum atomic E-state index is -0.806. The highest BCUT2D eigenvalue weighted by atomic mass is 19.1. The van der Waals surface area contributed by atoms with Gasteiger partial charge in [0, 0.05) is 17.4 Å². The normalized spacial score (nSPS) is 15.8. The van der Waals surface area contributed by atoms with Crippen molar-refractivity contribution >= 4 is 23.0 Å². The molecule has 0 aromatic heterocycles. The van der Waals surface area contributed by atoms with Gasteiger partial charge in [0.15, 0.2) is 0 Å². The number of amides is 1. The summed E-state index contributed by atoms with van der Waals surface area (Å²) in [7, 11) is 0. The number of anilines is 2. The lowest BCUT2D eigenvalue weighted by Gasteiger charge is -2.37. The molecule has 3 aromatic carbocycles. The van der Waals surface area contributed by atoms with Gasteiger partial charge in [0.1, 0.15) is 12.0 Å². The van der Waals surface area contributed by atoms with Gasteiger partial charge in [-0.3, -0.25) is 19.8 Å². The smallest absolute Gasteiger partial charge is 0.276 e. The summed E-state index contributed by atoms with van der Waals surface area (Å²) in [6.07, 6.45) is -0.806. The molecule has 1 atom stereocenters. The summed E-state index contributed by atoms with van der Waals surface area (Å²) in [6.45, 7) is 0. The van der Waals surface area contributed by atoms with Gasteiger partial charge < -0.3 is 5.32 Å². The Morgan fingerprint density at radius 3 is 2.37 bits per heavy atom. The van der Waals surface area contributed by atoms with Crippen LogP contribution < -0.4 is 10.2 Å². The van der Waals surface area contributed by atoms with Gasteiger partial charge in [0.05, 0.1) is 16.1 Å². The predicted molar refractivity (Wildman–Crippen MR) is 99.1 cm³/mol. The van der Waals surface area contributed by atoms with Crippen LogP contribution in [-0.4, -0.2) is 10.8 Å². The van der Waals surface area contributed by atoms with E-state index in [0.29, 0.717) is 22.5 Å². The van der Waals surface area contributed by atoms with Crippen molar-refractivity contribution < 1.29 is 14.1 Å². The summed E-state index contributed by atoms with van der Waals surface area (Å²) in [6, 6.07) is 18.6. The second kappa shape index (κ2) is 6.53. The van der Waals surface area contributed by atoms with Gasteiger partial charge in [-0.15, -0.1) is 0 Å². The third-order valence-corrected chi connectivity index (χ3v) is 4.46. The number of nitrogens with one attached hydrogen (secondary N) is 1. The Kier molecular flexibility index (Phi) is 4.04. The molecule has 27 heavy (non-hydrogen) atoms. The number of rotatable bonds is 3. The zero-order chi connectivity index (χ0) is 19.0. The molecule has 6 nitrogen and oxygen atoms in total. The second-order valence-corrected chi connectivity index (χ2v) is 6.06. The van der Waals surface area contributed by atoms with Crippen molar-refractivity contribution in [2.75, 3.05) is 10.2 Å². The summed E-state index contributed by atoms with van der Waals surface area (Å²) in [5.74, 6) is -0.752.